The summed E-state index contributed by atoms with van der Waals surface area (Å²) in [6.45, 7) is 1.81. The van der Waals surface area contributed by atoms with E-state index in [0.717, 1.165) is 6.07 Å². The first-order chi connectivity index (χ1) is 8.41. The van der Waals surface area contributed by atoms with Crippen molar-refractivity contribution in [1.82, 2.24) is 0 Å². The molecule has 1 N–H and O–H groups in total. The van der Waals surface area contributed by atoms with Crippen LogP contribution in [0.4, 0.5) is 15.8 Å². The Morgan fingerprint density at radius 1 is 1.56 bits per heavy atom. The lowest BCUT2D eigenvalue weighted by Gasteiger charge is -2.14. The van der Waals surface area contributed by atoms with Gasteiger partial charge in [0.15, 0.2) is 0 Å². The highest BCUT2D eigenvalue weighted by molar-refractivity contribution is 7.84. The van der Waals surface area contributed by atoms with E-state index >= 15 is 0 Å². The fraction of sp³-hybridized carbons (Fsp3) is 0.455. The summed E-state index contributed by atoms with van der Waals surface area (Å²) >= 11 is 0. The summed E-state index contributed by atoms with van der Waals surface area (Å²) in [5.41, 5.74) is -0.406. The van der Waals surface area contributed by atoms with Crippen molar-refractivity contribution >= 4 is 22.2 Å². The molecule has 18 heavy (non-hydrogen) atoms. The Balaban J connectivity index is 2.81. The fourth-order valence-corrected chi connectivity index (χ4v) is 2.18. The van der Waals surface area contributed by atoms with Gasteiger partial charge in [-0.15, -0.1) is 0 Å². The summed E-state index contributed by atoms with van der Waals surface area (Å²) in [5.74, 6) is -0.367. The SMILES string of the molecule is CC(CCS(C)=O)Nc1cccc(F)c1[N+](=O)[O-]. The molecule has 0 aromatic heterocycles. The number of halogens is 1. The molecule has 0 saturated carbocycles. The molecule has 0 aliphatic heterocycles. The van der Waals surface area contributed by atoms with E-state index < -0.39 is 27.2 Å². The van der Waals surface area contributed by atoms with Crippen molar-refractivity contribution in [2.75, 3.05) is 17.3 Å². The molecule has 0 bridgehead atoms. The number of nitro groups is 1. The van der Waals surface area contributed by atoms with Crippen molar-refractivity contribution in [1.29, 1.82) is 0 Å². The average molecular weight is 274 g/mol. The molecule has 5 nitrogen and oxygen atoms in total. The van der Waals surface area contributed by atoms with Gasteiger partial charge in [-0.1, -0.05) is 6.07 Å². The summed E-state index contributed by atoms with van der Waals surface area (Å²) in [5, 5.41) is 13.6. The van der Waals surface area contributed by atoms with Gasteiger partial charge in [0.25, 0.3) is 0 Å². The predicted octanol–water partition coefficient (Wildman–Crippen LogP) is 2.30. The third kappa shape index (κ3) is 4.06. The number of nitrogens with zero attached hydrogens (tertiary/aromatic N) is 1. The van der Waals surface area contributed by atoms with Crippen molar-refractivity contribution in [3.63, 3.8) is 0 Å². The van der Waals surface area contributed by atoms with E-state index in [9.17, 15) is 18.7 Å². The van der Waals surface area contributed by atoms with Crippen LogP contribution in [0.2, 0.25) is 0 Å². The smallest absolute Gasteiger partial charge is 0.327 e. The van der Waals surface area contributed by atoms with Gasteiger partial charge in [0.2, 0.25) is 5.82 Å². The molecule has 0 amide bonds. The Morgan fingerprint density at radius 3 is 2.78 bits per heavy atom. The Kier molecular flexibility index (Phi) is 5.21. The molecule has 7 heteroatoms. The molecule has 0 aliphatic carbocycles. The summed E-state index contributed by atoms with van der Waals surface area (Å²) in [6.07, 6.45) is 2.19. The van der Waals surface area contributed by atoms with E-state index in [1.807, 2.05) is 6.92 Å². The number of benzene rings is 1. The second-order valence-electron chi connectivity index (χ2n) is 4.00. The van der Waals surface area contributed by atoms with Crippen molar-refractivity contribution in [3.8, 4) is 0 Å². The van der Waals surface area contributed by atoms with Crippen molar-refractivity contribution in [2.45, 2.75) is 19.4 Å². The van der Waals surface area contributed by atoms with Gasteiger partial charge in [-0.2, -0.15) is 4.39 Å². The maximum Gasteiger partial charge on any atom is 0.327 e. The van der Waals surface area contributed by atoms with Crippen LogP contribution in [0.15, 0.2) is 18.2 Å². The van der Waals surface area contributed by atoms with Crippen LogP contribution < -0.4 is 5.32 Å². The Labute approximate surface area is 107 Å². The molecule has 1 aromatic carbocycles. The fourth-order valence-electron chi connectivity index (χ4n) is 1.50. The maximum absolute atomic E-state index is 13.3. The molecule has 0 aliphatic rings. The minimum atomic E-state index is -0.911. The highest BCUT2D eigenvalue weighted by atomic mass is 32.2. The van der Waals surface area contributed by atoms with Gasteiger partial charge < -0.3 is 5.32 Å². The van der Waals surface area contributed by atoms with E-state index in [2.05, 4.69) is 5.32 Å². The van der Waals surface area contributed by atoms with Crippen LogP contribution >= 0.6 is 0 Å². The zero-order valence-corrected chi connectivity index (χ0v) is 11.0. The predicted molar refractivity (Wildman–Crippen MR) is 69.7 cm³/mol. The van der Waals surface area contributed by atoms with Crippen LogP contribution in [0, 0.1) is 15.9 Å². The summed E-state index contributed by atoms with van der Waals surface area (Å²) < 4.78 is 24.3. The first-order valence-corrected chi connectivity index (χ1v) is 7.14. The molecule has 0 spiro atoms. The number of anilines is 1. The van der Waals surface area contributed by atoms with Crippen LogP contribution in [0.5, 0.6) is 0 Å². The van der Waals surface area contributed by atoms with Gasteiger partial charge in [0, 0.05) is 28.9 Å². The van der Waals surface area contributed by atoms with Gasteiger partial charge in [-0.25, -0.2) is 0 Å². The van der Waals surface area contributed by atoms with Crippen molar-refractivity contribution in [3.05, 3.63) is 34.1 Å². The summed E-state index contributed by atoms with van der Waals surface area (Å²) in [6, 6.07) is 3.81. The molecule has 2 unspecified atom stereocenters. The molecule has 0 heterocycles. The van der Waals surface area contributed by atoms with Crippen LogP contribution in [-0.2, 0) is 10.8 Å². The largest absolute Gasteiger partial charge is 0.377 e. The van der Waals surface area contributed by atoms with Gasteiger partial charge in [-0.3, -0.25) is 14.3 Å². The highest BCUT2D eigenvalue weighted by Crippen LogP contribution is 2.27. The van der Waals surface area contributed by atoms with E-state index in [0.29, 0.717) is 12.2 Å². The van der Waals surface area contributed by atoms with E-state index in [4.69, 9.17) is 0 Å². The second kappa shape index (κ2) is 6.44. The van der Waals surface area contributed by atoms with Gasteiger partial charge >= 0.3 is 5.69 Å². The maximum atomic E-state index is 13.3. The van der Waals surface area contributed by atoms with E-state index in [1.54, 1.807) is 6.26 Å². The number of rotatable bonds is 6. The number of nitro benzene ring substituents is 1. The Bertz CT molecular complexity index is 468. The molecule has 1 aromatic rings. The average Bonchev–Trinajstić information content (AvgIpc) is 2.26. The minimum absolute atomic E-state index is 0.116. The topological polar surface area (TPSA) is 72.2 Å². The molecule has 0 saturated heterocycles. The number of hydrogen-bond donors (Lipinski definition) is 1. The zero-order valence-electron chi connectivity index (χ0n) is 10.2. The van der Waals surface area contributed by atoms with Crippen molar-refractivity contribution < 1.29 is 13.5 Å². The molecule has 0 fully saturated rings. The lowest BCUT2D eigenvalue weighted by atomic mass is 10.2. The Hall–Kier alpha value is -1.50. The quantitative estimate of drug-likeness (QED) is 0.638. The molecular formula is C11H15FN2O3S. The van der Waals surface area contributed by atoms with E-state index in [-0.39, 0.29) is 11.7 Å². The van der Waals surface area contributed by atoms with Gasteiger partial charge in [0.05, 0.1) is 4.92 Å². The highest BCUT2D eigenvalue weighted by Gasteiger charge is 2.20. The lowest BCUT2D eigenvalue weighted by molar-refractivity contribution is -0.386. The van der Waals surface area contributed by atoms with Crippen LogP contribution in [0.25, 0.3) is 0 Å². The van der Waals surface area contributed by atoms with Gasteiger partial charge in [-0.05, 0) is 25.5 Å². The normalized spacial score (nSPS) is 13.9. The second-order valence-corrected chi connectivity index (χ2v) is 5.56. The first-order valence-electron chi connectivity index (χ1n) is 5.41. The number of hydrogen-bond acceptors (Lipinski definition) is 4. The van der Waals surface area contributed by atoms with Crippen LogP contribution in [-0.4, -0.2) is 27.2 Å². The summed E-state index contributed by atoms with van der Waals surface area (Å²) in [4.78, 5) is 10.0. The monoisotopic (exact) mass is 274 g/mol. The number of para-hydroxylation sites is 1. The molecule has 1 rings (SSSR count). The Morgan fingerprint density at radius 2 is 2.22 bits per heavy atom. The standard InChI is InChI=1S/C11H15FN2O3S/c1-8(6-7-18(2)17)13-10-5-3-4-9(12)11(10)14(15)16/h3-5,8,13H,6-7H2,1-2H3. The molecular weight excluding hydrogens is 259 g/mol. The van der Waals surface area contributed by atoms with Crippen molar-refractivity contribution in [2.24, 2.45) is 0 Å². The third-order valence-corrected chi connectivity index (χ3v) is 3.22. The molecule has 100 valence electrons. The summed E-state index contributed by atoms with van der Waals surface area (Å²) in [7, 11) is -0.911. The molecule has 0 radical (unpaired) electrons. The van der Waals surface area contributed by atoms with Crippen LogP contribution in [0.1, 0.15) is 13.3 Å². The third-order valence-electron chi connectivity index (χ3n) is 2.41. The lowest BCUT2D eigenvalue weighted by Crippen LogP contribution is -2.18. The zero-order chi connectivity index (χ0) is 13.7. The van der Waals surface area contributed by atoms with Crippen LogP contribution in [0.3, 0.4) is 0 Å². The molecule has 2 atom stereocenters. The van der Waals surface area contributed by atoms with E-state index in [1.165, 1.54) is 12.1 Å². The first kappa shape index (κ1) is 14.6. The van der Waals surface area contributed by atoms with Gasteiger partial charge in [0.1, 0.15) is 5.69 Å². The number of nitrogens with one attached hydrogen (secondary N) is 1. The minimum Gasteiger partial charge on any atom is -0.377 e.